The monoisotopic (exact) mass is 282 g/mol. The maximum atomic E-state index is 11.8. The Bertz CT molecular complexity index is 226. The molecule has 0 aromatic carbocycles. The molecule has 0 bridgehead atoms. The van der Waals surface area contributed by atoms with Gasteiger partial charge in [-0.2, -0.15) is 39.5 Å². The summed E-state index contributed by atoms with van der Waals surface area (Å²) in [6.07, 6.45) is -20.5. The predicted octanol–water partition coefficient (Wildman–Crippen LogP) is 3.64. The van der Waals surface area contributed by atoms with Gasteiger partial charge in [0, 0.05) is 0 Å². The molecule has 0 aromatic heterocycles. The average molecular weight is 282 g/mol. The summed E-state index contributed by atoms with van der Waals surface area (Å²) < 4.78 is 119. The van der Waals surface area contributed by atoms with E-state index in [1.807, 2.05) is 0 Å². The Balaban J connectivity index is 5.92. The smallest absolute Gasteiger partial charge is 0.260 e. The Morgan fingerprint density at radius 2 is 0.938 bits per heavy atom. The summed E-state index contributed by atoms with van der Waals surface area (Å²) in [6, 6.07) is 0. The van der Waals surface area contributed by atoms with Crippen molar-refractivity contribution in [3.05, 3.63) is 0 Å². The second kappa shape index (κ2) is 4.02. The van der Waals surface area contributed by atoms with Crippen LogP contribution in [0.4, 0.5) is 39.5 Å². The van der Waals surface area contributed by atoms with Gasteiger partial charge in [0.25, 0.3) is 0 Å². The first-order chi connectivity index (χ1) is 6.81. The molecule has 0 saturated heterocycles. The minimum atomic E-state index is -6.85. The van der Waals surface area contributed by atoms with E-state index in [1.54, 1.807) is 0 Å². The Labute approximate surface area is 82.6 Å². The number of hydrogen-bond donors (Lipinski definition) is 0. The van der Waals surface area contributed by atoms with Crippen molar-refractivity contribution < 1.29 is 48.6 Å². The highest BCUT2D eigenvalue weighted by molar-refractivity contribution is 7.17. The Morgan fingerprint density at radius 3 is 1.00 bits per heavy atom. The van der Waals surface area contributed by atoms with Crippen LogP contribution in [0.1, 0.15) is 0 Å². The maximum absolute atomic E-state index is 11.8. The SMILES string of the molecule is O=POC(C(F)(F)F)(C(F)(F)F)C(F)(F)F. The van der Waals surface area contributed by atoms with Gasteiger partial charge in [0.1, 0.15) is 0 Å². The zero-order chi connectivity index (χ0) is 13.4. The first-order valence-electron chi connectivity index (χ1n) is 3.02. The van der Waals surface area contributed by atoms with E-state index in [-0.39, 0.29) is 0 Å². The van der Waals surface area contributed by atoms with E-state index in [9.17, 15) is 44.1 Å². The highest BCUT2D eigenvalue weighted by Gasteiger charge is 2.86. The topological polar surface area (TPSA) is 26.3 Å². The van der Waals surface area contributed by atoms with E-state index >= 15 is 0 Å². The summed E-state index contributed by atoms with van der Waals surface area (Å²) in [7, 11) is -2.40. The summed E-state index contributed by atoms with van der Waals surface area (Å²) in [5, 5.41) is 0. The summed E-state index contributed by atoms with van der Waals surface area (Å²) in [4.78, 5) is 0. The molecule has 0 rings (SSSR count). The van der Waals surface area contributed by atoms with Gasteiger partial charge < -0.3 is 0 Å². The van der Waals surface area contributed by atoms with Crippen LogP contribution in [0.5, 0.6) is 0 Å². The van der Waals surface area contributed by atoms with Crippen LogP contribution < -0.4 is 0 Å². The van der Waals surface area contributed by atoms with Gasteiger partial charge >= 0.3 is 32.8 Å². The van der Waals surface area contributed by atoms with Crippen LogP contribution in [0, 0.1) is 0 Å². The van der Waals surface area contributed by atoms with Crippen molar-refractivity contribution in [2.75, 3.05) is 0 Å². The molecule has 0 amide bonds. The van der Waals surface area contributed by atoms with Crippen LogP contribution >= 0.6 is 8.69 Å². The van der Waals surface area contributed by atoms with Gasteiger partial charge in [0.15, 0.2) is 0 Å². The molecule has 0 aliphatic carbocycles. The van der Waals surface area contributed by atoms with Crippen molar-refractivity contribution in [1.29, 1.82) is 0 Å². The Morgan fingerprint density at radius 1 is 0.688 bits per heavy atom. The molecule has 0 aliphatic rings. The first kappa shape index (κ1) is 15.4. The van der Waals surface area contributed by atoms with E-state index in [1.165, 1.54) is 0 Å². The number of hydrogen-bond acceptors (Lipinski definition) is 2. The van der Waals surface area contributed by atoms with E-state index in [2.05, 4.69) is 4.52 Å². The summed E-state index contributed by atoms with van der Waals surface area (Å²) in [5.41, 5.74) is -6.46. The van der Waals surface area contributed by atoms with Gasteiger partial charge in [0.2, 0.25) is 0 Å². The van der Waals surface area contributed by atoms with Crippen LogP contribution in [0.3, 0.4) is 0 Å². The summed E-state index contributed by atoms with van der Waals surface area (Å²) in [5.74, 6) is 0. The van der Waals surface area contributed by atoms with Crippen molar-refractivity contribution in [2.24, 2.45) is 0 Å². The van der Waals surface area contributed by atoms with Gasteiger partial charge in [-0.3, -0.25) is 4.52 Å². The molecule has 0 atom stereocenters. The minimum Gasteiger partial charge on any atom is -0.260 e. The lowest BCUT2D eigenvalue weighted by Gasteiger charge is -2.35. The van der Waals surface area contributed by atoms with Gasteiger partial charge in [-0.05, 0) is 0 Å². The molecular weight excluding hydrogens is 282 g/mol. The standard InChI is InChI=1S/C4F9O2P/c5-2(6,7)1(15-16-14,3(8,9)10)4(11,12)13. The number of alkyl halides is 9. The highest BCUT2D eigenvalue weighted by Crippen LogP contribution is 2.56. The predicted molar refractivity (Wildman–Crippen MR) is 29.6 cm³/mol. The molecule has 0 aromatic rings. The van der Waals surface area contributed by atoms with Crippen molar-refractivity contribution in [2.45, 2.75) is 24.1 Å². The summed E-state index contributed by atoms with van der Waals surface area (Å²) in [6.45, 7) is 0. The largest absolute Gasteiger partial charge is 0.436 e. The van der Waals surface area contributed by atoms with Crippen molar-refractivity contribution >= 4 is 8.69 Å². The first-order valence-corrected chi connectivity index (χ1v) is 3.75. The normalized spacial score (nSPS) is 15.6. The molecule has 0 aliphatic heterocycles. The Hall–Kier alpha value is -0.570. The van der Waals surface area contributed by atoms with Crippen LogP contribution in [0.25, 0.3) is 0 Å². The zero-order valence-corrected chi connectivity index (χ0v) is 7.56. The van der Waals surface area contributed by atoms with E-state index in [0.29, 0.717) is 0 Å². The molecule has 0 spiro atoms. The molecule has 0 heterocycles. The third-order valence-electron chi connectivity index (χ3n) is 1.37. The molecule has 12 heteroatoms. The summed E-state index contributed by atoms with van der Waals surface area (Å²) >= 11 is 0. The van der Waals surface area contributed by atoms with E-state index in [0.717, 1.165) is 0 Å². The fraction of sp³-hybridized carbons (Fsp3) is 1.00. The lowest BCUT2D eigenvalue weighted by atomic mass is 10.0. The molecule has 16 heavy (non-hydrogen) atoms. The van der Waals surface area contributed by atoms with Gasteiger partial charge in [0.05, 0.1) is 0 Å². The van der Waals surface area contributed by atoms with Crippen molar-refractivity contribution in [1.82, 2.24) is 0 Å². The van der Waals surface area contributed by atoms with Gasteiger partial charge in [-0.15, -0.1) is 0 Å². The van der Waals surface area contributed by atoms with Crippen LogP contribution in [-0.2, 0) is 9.09 Å². The highest BCUT2D eigenvalue weighted by atomic mass is 31.1. The third kappa shape index (κ3) is 2.24. The van der Waals surface area contributed by atoms with Crippen molar-refractivity contribution in [3.63, 3.8) is 0 Å². The molecule has 0 fully saturated rings. The second-order valence-electron chi connectivity index (χ2n) is 2.34. The fourth-order valence-electron chi connectivity index (χ4n) is 0.693. The number of halogens is 9. The van der Waals surface area contributed by atoms with Crippen LogP contribution in [0.2, 0.25) is 0 Å². The molecule has 0 N–H and O–H groups in total. The lowest BCUT2D eigenvalue weighted by Crippen LogP contribution is -2.66. The van der Waals surface area contributed by atoms with Crippen molar-refractivity contribution in [3.8, 4) is 0 Å². The molecule has 96 valence electrons. The van der Waals surface area contributed by atoms with Gasteiger partial charge in [-0.1, -0.05) is 0 Å². The molecule has 2 nitrogen and oxygen atoms in total. The Kier molecular flexibility index (Phi) is 3.88. The average Bonchev–Trinajstić information content (AvgIpc) is 1.91. The molecule has 0 unspecified atom stereocenters. The zero-order valence-electron chi connectivity index (χ0n) is 6.67. The fourth-order valence-corrected chi connectivity index (χ4v) is 1.12. The van der Waals surface area contributed by atoms with E-state index in [4.69, 9.17) is 0 Å². The van der Waals surface area contributed by atoms with E-state index < -0.39 is 32.8 Å². The lowest BCUT2D eigenvalue weighted by molar-refractivity contribution is -0.435. The van der Waals surface area contributed by atoms with Crippen LogP contribution in [0.15, 0.2) is 0 Å². The quantitative estimate of drug-likeness (QED) is 0.571. The molecular formula is C4F9O2P. The van der Waals surface area contributed by atoms with Crippen LogP contribution in [-0.4, -0.2) is 24.1 Å². The van der Waals surface area contributed by atoms with Gasteiger partial charge in [-0.25, -0.2) is 4.57 Å². The second-order valence-corrected chi connectivity index (χ2v) is 2.67. The molecule has 0 saturated carbocycles. The minimum absolute atomic E-state index is 2.36. The third-order valence-corrected chi connectivity index (χ3v) is 1.72. The molecule has 0 radical (unpaired) electrons. The maximum Gasteiger partial charge on any atom is 0.436 e. The number of rotatable bonds is 2.